The molecule has 1 aromatic heterocycles. The summed E-state index contributed by atoms with van der Waals surface area (Å²) in [5.74, 6) is -0.0325. The molecule has 0 N–H and O–H groups in total. The van der Waals surface area contributed by atoms with Gasteiger partial charge in [0, 0.05) is 36.8 Å². The van der Waals surface area contributed by atoms with Crippen molar-refractivity contribution in [3.05, 3.63) is 48.0 Å². The number of carbonyl (C=O) groups excluding carboxylic acids is 1. The summed E-state index contributed by atoms with van der Waals surface area (Å²) in [7, 11) is 3.98. The maximum Gasteiger partial charge on any atom is 0.260 e. The van der Waals surface area contributed by atoms with Gasteiger partial charge in [-0.2, -0.15) is 0 Å². The van der Waals surface area contributed by atoms with Crippen molar-refractivity contribution in [1.29, 1.82) is 0 Å². The van der Waals surface area contributed by atoms with Crippen molar-refractivity contribution in [2.75, 3.05) is 43.3 Å². The van der Waals surface area contributed by atoms with Crippen LogP contribution in [0.15, 0.2) is 47.4 Å². The van der Waals surface area contributed by atoms with E-state index in [-0.39, 0.29) is 12.0 Å². The summed E-state index contributed by atoms with van der Waals surface area (Å²) in [4.78, 5) is 23.2. The van der Waals surface area contributed by atoms with Crippen molar-refractivity contribution in [2.45, 2.75) is 23.8 Å². The van der Waals surface area contributed by atoms with E-state index in [9.17, 15) is 4.79 Å². The second kappa shape index (κ2) is 8.73. The normalized spacial score (nSPS) is 16.3. The molecule has 0 bridgehead atoms. The first-order chi connectivity index (χ1) is 14.0. The van der Waals surface area contributed by atoms with Crippen molar-refractivity contribution in [3.8, 4) is 0 Å². The van der Waals surface area contributed by atoms with Crippen molar-refractivity contribution in [3.63, 3.8) is 0 Å². The predicted molar refractivity (Wildman–Crippen MR) is 123 cm³/mol. The van der Waals surface area contributed by atoms with Gasteiger partial charge in [0.25, 0.3) is 5.91 Å². The summed E-state index contributed by atoms with van der Waals surface area (Å²) in [5.41, 5.74) is 2.66. The first-order valence-electron chi connectivity index (χ1n) is 9.70. The maximum atomic E-state index is 13.4. The number of aromatic nitrogens is 1. The summed E-state index contributed by atoms with van der Waals surface area (Å²) in [6, 6.07) is 14.0. The number of carbonyl (C=O) groups is 1. The van der Waals surface area contributed by atoms with Gasteiger partial charge in [-0.3, -0.25) is 9.69 Å². The molecule has 152 valence electrons. The topological polar surface area (TPSA) is 45.7 Å². The van der Waals surface area contributed by atoms with Gasteiger partial charge in [-0.1, -0.05) is 11.3 Å². The Kier molecular flexibility index (Phi) is 6.08. The van der Waals surface area contributed by atoms with Gasteiger partial charge in [0.05, 0.1) is 22.9 Å². The van der Waals surface area contributed by atoms with E-state index >= 15 is 0 Å². The fourth-order valence-corrected chi connectivity index (χ4v) is 4.96. The van der Waals surface area contributed by atoms with E-state index in [0.717, 1.165) is 40.5 Å². The SMILES string of the molecule is CSc1ccc2nc(N(CC3CCCO3)C(=O)c3ccc(N(C)C)cc3)sc2c1. The van der Waals surface area contributed by atoms with E-state index in [1.807, 2.05) is 49.3 Å². The zero-order chi connectivity index (χ0) is 20.4. The number of anilines is 2. The third-order valence-electron chi connectivity index (χ3n) is 5.10. The molecule has 0 aliphatic carbocycles. The van der Waals surface area contributed by atoms with Crippen LogP contribution in [0.5, 0.6) is 0 Å². The Morgan fingerprint density at radius 2 is 2.03 bits per heavy atom. The number of fused-ring (bicyclic) bond motifs is 1. The Labute approximate surface area is 179 Å². The van der Waals surface area contributed by atoms with Crippen LogP contribution in [-0.4, -0.2) is 50.5 Å². The Balaban J connectivity index is 1.67. The van der Waals surface area contributed by atoms with Crippen LogP contribution in [-0.2, 0) is 4.74 Å². The largest absolute Gasteiger partial charge is 0.378 e. The Morgan fingerprint density at radius 1 is 1.24 bits per heavy atom. The molecular formula is C22H25N3O2S2. The lowest BCUT2D eigenvalue weighted by molar-refractivity contribution is 0.0917. The molecule has 2 aromatic carbocycles. The zero-order valence-electron chi connectivity index (χ0n) is 16.9. The molecule has 1 aliphatic rings. The van der Waals surface area contributed by atoms with Crippen LogP contribution in [0.25, 0.3) is 10.2 Å². The highest BCUT2D eigenvalue weighted by atomic mass is 32.2. The van der Waals surface area contributed by atoms with E-state index in [4.69, 9.17) is 9.72 Å². The van der Waals surface area contributed by atoms with Crippen LogP contribution in [0.3, 0.4) is 0 Å². The molecule has 3 aromatic rings. The minimum absolute atomic E-state index is 0.0325. The zero-order valence-corrected chi connectivity index (χ0v) is 18.6. The number of nitrogens with zero attached hydrogens (tertiary/aromatic N) is 3. The first kappa shape index (κ1) is 20.2. The molecule has 0 saturated carbocycles. The molecule has 1 aliphatic heterocycles. The van der Waals surface area contributed by atoms with Crippen LogP contribution < -0.4 is 9.80 Å². The van der Waals surface area contributed by atoms with E-state index in [0.29, 0.717) is 12.1 Å². The minimum Gasteiger partial charge on any atom is -0.378 e. The summed E-state index contributed by atoms with van der Waals surface area (Å²) >= 11 is 3.27. The number of benzene rings is 2. The monoisotopic (exact) mass is 427 g/mol. The molecule has 5 nitrogen and oxygen atoms in total. The van der Waals surface area contributed by atoms with E-state index in [2.05, 4.69) is 18.4 Å². The molecule has 1 amide bonds. The van der Waals surface area contributed by atoms with Crippen LogP contribution in [0.4, 0.5) is 10.8 Å². The second-order valence-electron chi connectivity index (χ2n) is 7.32. The number of amides is 1. The molecule has 1 unspecified atom stereocenters. The minimum atomic E-state index is -0.0325. The van der Waals surface area contributed by atoms with E-state index in [1.165, 1.54) is 4.90 Å². The van der Waals surface area contributed by atoms with Gasteiger partial charge in [-0.05, 0) is 61.6 Å². The van der Waals surface area contributed by atoms with Crippen LogP contribution in [0, 0.1) is 0 Å². The number of ether oxygens (including phenoxy) is 1. The van der Waals surface area contributed by atoms with Gasteiger partial charge in [-0.15, -0.1) is 11.8 Å². The highest BCUT2D eigenvalue weighted by Gasteiger charge is 2.27. The highest BCUT2D eigenvalue weighted by Crippen LogP contribution is 2.33. The van der Waals surface area contributed by atoms with E-state index in [1.54, 1.807) is 28.0 Å². The van der Waals surface area contributed by atoms with E-state index < -0.39 is 0 Å². The van der Waals surface area contributed by atoms with Gasteiger partial charge >= 0.3 is 0 Å². The Morgan fingerprint density at radius 3 is 2.69 bits per heavy atom. The van der Waals surface area contributed by atoms with Gasteiger partial charge in [0.2, 0.25) is 0 Å². The molecule has 0 radical (unpaired) electrons. The Hall–Kier alpha value is -2.09. The summed E-state index contributed by atoms with van der Waals surface area (Å²) in [6.07, 6.45) is 4.15. The lowest BCUT2D eigenvalue weighted by atomic mass is 10.1. The molecular weight excluding hydrogens is 402 g/mol. The molecule has 2 heterocycles. The summed E-state index contributed by atoms with van der Waals surface area (Å²) < 4.78 is 6.92. The van der Waals surface area contributed by atoms with Crippen molar-refractivity contribution < 1.29 is 9.53 Å². The van der Waals surface area contributed by atoms with Crippen molar-refractivity contribution in [1.82, 2.24) is 4.98 Å². The number of hydrogen-bond donors (Lipinski definition) is 0. The van der Waals surface area contributed by atoms with Crippen LogP contribution in [0.2, 0.25) is 0 Å². The molecule has 1 fully saturated rings. The molecule has 1 atom stereocenters. The fourth-order valence-electron chi connectivity index (χ4n) is 3.43. The quantitative estimate of drug-likeness (QED) is 0.523. The summed E-state index contributed by atoms with van der Waals surface area (Å²) in [6.45, 7) is 1.30. The fraction of sp³-hybridized carbons (Fsp3) is 0.364. The molecule has 4 rings (SSSR count). The van der Waals surface area contributed by atoms with Gasteiger partial charge in [-0.25, -0.2) is 4.98 Å². The highest BCUT2D eigenvalue weighted by molar-refractivity contribution is 7.98. The average molecular weight is 428 g/mol. The van der Waals surface area contributed by atoms with Gasteiger partial charge < -0.3 is 9.64 Å². The average Bonchev–Trinajstić information content (AvgIpc) is 3.40. The molecule has 1 saturated heterocycles. The number of thiazole rings is 1. The lowest BCUT2D eigenvalue weighted by Gasteiger charge is -2.23. The maximum absolute atomic E-state index is 13.4. The third kappa shape index (κ3) is 4.42. The lowest BCUT2D eigenvalue weighted by Crippen LogP contribution is -2.37. The van der Waals surface area contributed by atoms with Crippen LogP contribution in [0.1, 0.15) is 23.2 Å². The summed E-state index contributed by atoms with van der Waals surface area (Å²) in [5, 5.41) is 0.732. The molecule has 29 heavy (non-hydrogen) atoms. The van der Waals surface area contributed by atoms with Crippen molar-refractivity contribution >= 4 is 50.0 Å². The number of hydrogen-bond acceptors (Lipinski definition) is 6. The van der Waals surface area contributed by atoms with Crippen molar-refractivity contribution in [2.24, 2.45) is 0 Å². The standard InChI is InChI=1S/C22H25N3O2S2/c1-24(2)16-8-6-15(7-9-16)21(26)25(14-17-5-4-12-27-17)22-23-19-11-10-18(28-3)13-20(19)29-22/h6-11,13,17H,4-5,12,14H2,1-3H3. The predicted octanol–water partition coefficient (Wildman–Crippen LogP) is 4.91. The molecule has 0 spiro atoms. The van der Waals surface area contributed by atoms with Gasteiger partial charge in [0.1, 0.15) is 0 Å². The smallest absolute Gasteiger partial charge is 0.260 e. The first-order valence-corrected chi connectivity index (χ1v) is 11.7. The van der Waals surface area contributed by atoms with Crippen LogP contribution >= 0.6 is 23.1 Å². The number of rotatable bonds is 6. The third-order valence-corrected chi connectivity index (χ3v) is 6.87. The second-order valence-corrected chi connectivity index (χ2v) is 9.21. The van der Waals surface area contributed by atoms with Gasteiger partial charge in [0.15, 0.2) is 5.13 Å². The Bertz CT molecular complexity index is 995. The number of thioether (sulfide) groups is 1. The molecule has 7 heteroatoms.